The van der Waals surface area contributed by atoms with Crippen molar-refractivity contribution >= 4 is 23.3 Å². The van der Waals surface area contributed by atoms with Crippen molar-refractivity contribution in [3.63, 3.8) is 0 Å². The Kier molecular flexibility index (Phi) is 7.96. The zero-order chi connectivity index (χ0) is 33.4. The maximum Gasteiger partial charge on any atom is 0.337 e. The van der Waals surface area contributed by atoms with Gasteiger partial charge in [0.25, 0.3) is 5.91 Å². The van der Waals surface area contributed by atoms with E-state index < -0.39 is 5.41 Å². The minimum Gasteiger partial charge on any atom is -0.465 e. The van der Waals surface area contributed by atoms with E-state index in [-0.39, 0.29) is 45.4 Å². The molecule has 5 aliphatic carbocycles. The minimum atomic E-state index is -0.457. The van der Waals surface area contributed by atoms with E-state index in [0.717, 1.165) is 38.5 Å². The van der Waals surface area contributed by atoms with Gasteiger partial charge in [-0.1, -0.05) is 65.0 Å². The normalized spacial score (nSPS) is 40.6. The maximum atomic E-state index is 13.9. The molecule has 0 unspecified atom stereocenters. The van der Waals surface area contributed by atoms with Crippen LogP contribution in [0.2, 0.25) is 0 Å². The molecule has 0 heterocycles. The topological polar surface area (TPSA) is 88.5 Å². The Hall–Kier alpha value is -2.89. The van der Waals surface area contributed by atoms with E-state index in [9.17, 15) is 9.59 Å². The number of hydrogen-bond acceptors (Lipinski definition) is 5. The Labute approximate surface area is 276 Å². The van der Waals surface area contributed by atoms with E-state index in [4.69, 9.17) is 15.0 Å². The van der Waals surface area contributed by atoms with Gasteiger partial charge in [-0.15, -0.1) is 0 Å². The summed E-state index contributed by atoms with van der Waals surface area (Å²) in [6, 6.07) is 7.99. The summed E-state index contributed by atoms with van der Waals surface area (Å²) in [5, 5.41) is 7.74. The Morgan fingerprint density at radius 2 is 1.59 bits per heavy atom. The predicted octanol–water partition coefficient (Wildman–Crippen LogP) is 9.17. The lowest BCUT2D eigenvalue weighted by molar-refractivity contribution is -0.226. The first kappa shape index (κ1) is 33.0. The molecule has 4 saturated carbocycles. The lowest BCUT2D eigenvalue weighted by atomic mass is 9.32. The van der Waals surface area contributed by atoms with Gasteiger partial charge < -0.3 is 9.57 Å². The zero-order valence-electron chi connectivity index (χ0n) is 29.5. The molecule has 9 atom stereocenters. The number of allylic oxidation sites excluding steroid dienone is 3. The van der Waals surface area contributed by atoms with Crippen LogP contribution in [0.5, 0.6) is 0 Å². The largest absolute Gasteiger partial charge is 0.465 e. The van der Waals surface area contributed by atoms with Gasteiger partial charge in [0, 0.05) is 6.92 Å². The van der Waals surface area contributed by atoms with Crippen LogP contribution in [0.1, 0.15) is 122 Å². The molecule has 0 bridgehead atoms. The molecule has 0 radical (unpaired) electrons. The molecule has 6 heteroatoms. The highest BCUT2D eigenvalue weighted by Gasteiger charge is 2.71. The van der Waals surface area contributed by atoms with Gasteiger partial charge in [0.1, 0.15) is 0 Å². The standard InChI is InChI=1S/C40H56N2O4/c1-24(2)28-16-21-40(35(44)42-46-25(3)41)23-22-38(7)30(33(28)40)14-15-32-37(6)19-17-29(26-10-12-27(13-11-26)34(43)45-9)36(4,5)31(37)18-20-39(32,38)8/h10-13,17,28,30-33,41H,1,14-16,18-23H2,2-9H3,(H,42,44)/t28-,30+,31-,32+,33+,37-,38+,39+,40-/m0/s1. The fraction of sp³-hybridized carbons (Fsp3) is 0.675. The minimum absolute atomic E-state index is 0.00215. The predicted molar refractivity (Wildman–Crippen MR) is 183 cm³/mol. The summed E-state index contributed by atoms with van der Waals surface area (Å²) in [6.07, 6.45) is 12.2. The zero-order valence-corrected chi connectivity index (χ0v) is 29.5. The lowest BCUT2D eigenvalue weighted by Crippen LogP contribution is -2.66. The third-order valence-electron chi connectivity index (χ3n) is 15.0. The van der Waals surface area contributed by atoms with Crippen molar-refractivity contribution in [3.05, 3.63) is 53.6 Å². The number of benzene rings is 1. The van der Waals surface area contributed by atoms with Crippen LogP contribution in [-0.2, 0) is 14.4 Å². The summed E-state index contributed by atoms with van der Waals surface area (Å²) < 4.78 is 4.94. The molecular weight excluding hydrogens is 572 g/mol. The molecule has 1 aromatic rings. The highest BCUT2D eigenvalue weighted by Crippen LogP contribution is 2.77. The van der Waals surface area contributed by atoms with E-state index in [0.29, 0.717) is 29.2 Å². The number of esters is 1. The summed E-state index contributed by atoms with van der Waals surface area (Å²) in [5.41, 5.74) is 7.16. The van der Waals surface area contributed by atoms with E-state index in [1.54, 1.807) is 6.92 Å². The number of nitrogens with one attached hydrogen (secondary N) is 2. The number of carbonyl (C=O) groups is 2. The number of amides is 1. The Morgan fingerprint density at radius 3 is 2.22 bits per heavy atom. The fourth-order valence-electron chi connectivity index (χ4n) is 12.8. The second kappa shape index (κ2) is 11.1. The molecular formula is C40H56N2O4. The van der Waals surface area contributed by atoms with E-state index in [1.807, 2.05) is 12.1 Å². The maximum absolute atomic E-state index is 13.9. The highest BCUT2D eigenvalue weighted by atomic mass is 16.7. The van der Waals surface area contributed by atoms with Gasteiger partial charge in [-0.3, -0.25) is 10.2 Å². The van der Waals surface area contributed by atoms with E-state index in [1.165, 1.54) is 43.1 Å². The number of methoxy groups -OCH3 is 1. The molecule has 5 aliphatic rings. The van der Waals surface area contributed by atoms with Crippen molar-refractivity contribution < 1.29 is 19.2 Å². The van der Waals surface area contributed by atoms with Gasteiger partial charge in [-0.2, -0.15) is 5.48 Å². The first-order valence-electron chi connectivity index (χ1n) is 17.6. The molecule has 0 saturated heterocycles. The summed E-state index contributed by atoms with van der Waals surface area (Å²) in [6.45, 7) is 20.9. The van der Waals surface area contributed by atoms with Gasteiger partial charge >= 0.3 is 5.97 Å². The molecule has 46 heavy (non-hydrogen) atoms. The number of carbonyl (C=O) groups excluding carboxylic acids is 2. The monoisotopic (exact) mass is 628 g/mol. The van der Waals surface area contributed by atoms with Crippen molar-refractivity contribution in [2.75, 3.05) is 7.11 Å². The molecule has 6 rings (SSSR count). The van der Waals surface area contributed by atoms with Crippen molar-refractivity contribution in [1.29, 1.82) is 5.41 Å². The average molecular weight is 629 g/mol. The third-order valence-corrected chi connectivity index (χ3v) is 15.0. The first-order valence-corrected chi connectivity index (χ1v) is 17.6. The first-order chi connectivity index (χ1) is 21.6. The Balaban J connectivity index is 1.34. The van der Waals surface area contributed by atoms with Gasteiger partial charge in [-0.25, -0.2) is 4.79 Å². The van der Waals surface area contributed by atoms with Gasteiger partial charge in [0.15, 0.2) is 0 Å². The second-order valence-corrected chi connectivity index (χ2v) is 17.0. The van der Waals surface area contributed by atoms with Crippen LogP contribution >= 0.6 is 0 Å². The number of hydroxylamine groups is 1. The van der Waals surface area contributed by atoms with Gasteiger partial charge in [-0.05, 0) is 139 Å². The van der Waals surface area contributed by atoms with Crippen molar-refractivity contribution in [3.8, 4) is 0 Å². The van der Waals surface area contributed by atoms with Crippen LogP contribution in [0.25, 0.3) is 5.57 Å². The van der Waals surface area contributed by atoms with Crippen molar-refractivity contribution in [2.24, 2.45) is 56.7 Å². The molecule has 250 valence electrons. The van der Waals surface area contributed by atoms with Crippen LogP contribution in [0, 0.1) is 62.1 Å². The van der Waals surface area contributed by atoms with Crippen molar-refractivity contribution in [1.82, 2.24) is 5.48 Å². The number of fused-ring (bicyclic) bond motifs is 7. The lowest BCUT2D eigenvalue weighted by Gasteiger charge is -2.72. The number of rotatable bonds is 4. The fourth-order valence-corrected chi connectivity index (χ4v) is 12.8. The number of ether oxygens (including phenoxy) is 1. The van der Waals surface area contributed by atoms with Crippen LogP contribution in [0.15, 0.2) is 42.5 Å². The average Bonchev–Trinajstić information content (AvgIpc) is 3.41. The number of hydrogen-bond donors (Lipinski definition) is 2. The van der Waals surface area contributed by atoms with Gasteiger partial charge in [0.2, 0.25) is 5.90 Å². The molecule has 1 aromatic carbocycles. The second-order valence-electron chi connectivity index (χ2n) is 17.0. The molecule has 0 aromatic heterocycles. The molecule has 0 aliphatic heterocycles. The third kappa shape index (κ3) is 4.51. The molecule has 0 spiro atoms. The van der Waals surface area contributed by atoms with Crippen LogP contribution < -0.4 is 5.48 Å². The van der Waals surface area contributed by atoms with E-state index in [2.05, 4.69) is 71.8 Å². The van der Waals surface area contributed by atoms with Gasteiger partial charge in [0.05, 0.1) is 18.1 Å². The highest BCUT2D eigenvalue weighted by molar-refractivity contribution is 5.90. The molecule has 4 fully saturated rings. The quantitative estimate of drug-likeness (QED) is 0.114. The summed E-state index contributed by atoms with van der Waals surface area (Å²) in [7, 11) is 1.43. The van der Waals surface area contributed by atoms with Crippen LogP contribution in [0.3, 0.4) is 0 Å². The Bertz CT molecular complexity index is 1480. The summed E-state index contributed by atoms with van der Waals surface area (Å²) >= 11 is 0. The SMILES string of the molecule is C=C(C)[C@@H]1CC[C@]2(C(=O)NOC(C)=N)CC[C@]3(C)[C@H](CC[C@@H]4[C@@]5(C)CC=C(c6ccc(C(=O)OC)cc6)C(C)(C)[C@@H]5CC[C@]43C)[C@@H]12. The summed E-state index contributed by atoms with van der Waals surface area (Å²) in [5.74, 6) is 1.90. The smallest absolute Gasteiger partial charge is 0.337 e. The Morgan fingerprint density at radius 1 is 0.891 bits per heavy atom. The van der Waals surface area contributed by atoms with Crippen LogP contribution in [-0.4, -0.2) is 24.9 Å². The van der Waals surface area contributed by atoms with Crippen molar-refractivity contribution in [2.45, 2.75) is 106 Å². The molecule has 2 N–H and O–H groups in total. The van der Waals surface area contributed by atoms with E-state index >= 15 is 0 Å². The summed E-state index contributed by atoms with van der Waals surface area (Å²) in [4.78, 5) is 31.4. The molecule has 6 nitrogen and oxygen atoms in total. The molecule has 1 amide bonds. The van der Waals surface area contributed by atoms with Crippen LogP contribution in [0.4, 0.5) is 0 Å².